The maximum absolute atomic E-state index is 16.7. The lowest BCUT2D eigenvalue weighted by atomic mass is 9.85. The molecule has 4 heterocycles. The van der Waals surface area contributed by atoms with Crippen LogP contribution in [0.15, 0.2) is 84.9 Å². The monoisotopic (exact) mass is 1010 g/mol. The second kappa shape index (κ2) is 20.3. The molecule has 9 rings (SSSR count). The normalized spacial score (nSPS) is 27.0. The van der Waals surface area contributed by atoms with E-state index in [1.165, 1.54) is 36.8 Å². The van der Waals surface area contributed by atoms with E-state index in [0.29, 0.717) is 48.7 Å². The third kappa shape index (κ3) is 10.7. The molecule has 0 bridgehead atoms. The van der Waals surface area contributed by atoms with E-state index >= 15 is 4.39 Å². The van der Waals surface area contributed by atoms with E-state index in [-0.39, 0.29) is 83.5 Å². The Bertz CT molecular complexity index is 2600. The molecule has 70 heavy (non-hydrogen) atoms. The molecule has 8 atom stereocenters. The van der Waals surface area contributed by atoms with Crippen molar-refractivity contribution in [2.45, 2.75) is 151 Å². The highest BCUT2D eigenvalue weighted by molar-refractivity contribution is 7.57. The standard InChI is InChI=1S/C51H60F4N5O8PS/c1-4-23-66-49(64)31(2)57-69(65,68-39-13-9-6-10-14-39)45(52)33-15-20-43-34(24-33)25-44(70-43)46(61)56-41-18-16-36(58(3)38-27-40(28-38)67-51(53,54)55)26-37-17-19-42(60(37)47(41)62)48(63)59-30-35(29-50(59)21-22-50)32-11-7-5-8-12-32/h5-15,20,24-25,31,35-38,40-42,45H,4,16-19,21-23,26-30H2,1-3H3,(H,56,61)(H,57,65)/t31-,35+,36-,37+,38?,40?,41-,42-,45-,69+/m0/s1. The number of rotatable bonds is 16. The molecule has 0 radical (unpaired) electrons. The number of hydrogen-bond acceptors (Lipinski definition) is 10. The first-order chi connectivity index (χ1) is 33.4. The topological polar surface area (TPSA) is 147 Å². The SMILES string of the molecule is CCCOC(=O)[C@H](C)N[P@](=O)(Oc1ccccc1)[C@H](F)c1ccc2sc(C(=O)N[C@H]3CC[C@H](N(C)C4CC(OC(F)(F)F)C4)C[C@H]4CC[C@@H](C(=O)N5C[C@H](c6ccccc6)CC56CC6)N4C3=O)cc2c1. The summed E-state index contributed by atoms with van der Waals surface area (Å²) in [5.41, 5.74) is 0.905. The summed E-state index contributed by atoms with van der Waals surface area (Å²) in [5, 5.41) is 6.05. The quantitative estimate of drug-likeness (QED) is 0.0632. The largest absolute Gasteiger partial charge is 0.522 e. The number of hydrogen-bond donors (Lipinski definition) is 2. The van der Waals surface area contributed by atoms with Crippen molar-refractivity contribution in [3.8, 4) is 5.75 Å². The molecule has 2 aliphatic carbocycles. The van der Waals surface area contributed by atoms with E-state index in [0.717, 1.165) is 30.6 Å². The number of halogens is 4. The number of likely N-dealkylation sites (tertiary alicyclic amines) is 1. The maximum Gasteiger partial charge on any atom is 0.522 e. The Morgan fingerprint density at radius 1 is 0.943 bits per heavy atom. The van der Waals surface area contributed by atoms with Gasteiger partial charge >= 0.3 is 19.9 Å². The van der Waals surface area contributed by atoms with Crippen LogP contribution in [0.4, 0.5) is 17.6 Å². The van der Waals surface area contributed by atoms with Gasteiger partial charge in [-0.15, -0.1) is 24.5 Å². The van der Waals surface area contributed by atoms with Gasteiger partial charge in [0, 0.05) is 40.8 Å². The number of fused-ring (bicyclic) bond motifs is 2. The molecule has 0 unspecified atom stereocenters. The van der Waals surface area contributed by atoms with E-state index in [1.54, 1.807) is 35.2 Å². The summed E-state index contributed by atoms with van der Waals surface area (Å²) < 4.78 is 86.3. The molecule has 3 aromatic carbocycles. The van der Waals surface area contributed by atoms with E-state index in [9.17, 15) is 36.9 Å². The molecule has 5 aliphatic rings. The minimum atomic E-state index is -4.72. The zero-order valence-electron chi connectivity index (χ0n) is 39.4. The van der Waals surface area contributed by atoms with E-state index in [1.807, 2.05) is 37.1 Å². The number of ether oxygens (including phenoxy) is 2. The second-order valence-corrected chi connectivity index (χ2v) is 22.9. The lowest BCUT2D eigenvalue weighted by molar-refractivity contribution is -0.354. The van der Waals surface area contributed by atoms with Gasteiger partial charge in [-0.3, -0.25) is 28.5 Å². The molecule has 4 aromatic rings. The average Bonchev–Trinajstić information content (AvgIpc) is 3.59. The Kier molecular flexibility index (Phi) is 14.5. The predicted molar refractivity (Wildman–Crippen MR) is 256 cm³/mol. The van der Waals surface area contributed by atoms with Crippen molar-refractivity contribution in [3.05, 3.63) is 101 Å². The number of esters is 1. The van der Waals surface area contributed by atoms with E-state index in [4.69, 9.17) is 9.26 Å². The highest BCUT2D eigenvalue weighted by atomic mass is 32.1. The Labute approximate surface area is 409 Å². The molecular weight excluding hydrogens is 950 g/mol. The van der Waals surface area contributed by atoms with Crippen LogP contribution in [0.3, 0.4) is 0 Å². The fraction of sp³-hybridized carbons (Fsp3) is 0.529. The van der Waals surface area contributed by atoms with Crippen LogP contribution in [-0.2, 0) is 28.4 Å². The summed E-state index contributed by atoms with van der Waals surface area (Å²) in [6.07, 6.45) is 0.192. The lowest BCUT2D eigenvalue weighted by Crippen LogP contribution is -2.60. The number of nitrogens with one attached hydrogen (secondary N) is 2. The molecule has 3 aliphatic heterocycles. The summed E-state index contributed by atoms with van der Waals surface area (Å²) >= 11 is 1.13. The third-order valence-electron chi connectivity index (χ3n) is 15.0. The zero-order chi connectivity index (χ0) is 49.5. The summed E-state index contributed by atoms with van der Waals surface area (Å²) in [7, 11) is -2.63. The van der Waals surface area contributed by atoms with Gasteiger partial charge in [0.1, 0.15) is 23.9 Å². The van der Waals surface area contributed by atoms with E-state index in [2.05, 4.69) is 32.2 Å². The molecule has 3 amide bonds. The number of thiophene rings is 1. The molecule has 5 fully saturated rings. The number of para-hydroxylation sites is 1. The summed E-state index contributed by atoms with van der Waals surface area (Å²) in [4.78, 5) is 62.9. The summed E-state index contributed by atoms with van der Waals surface area (Å²) in [6, 6.07) is 20.7. The molecule has 1 aromatic heterocycles. The van der Waals surface area contributed by atoms with Gasteiger partial charge in [-0.1, -0.05) is 61.5 Å². The van der Waals surface area contributed by atoms with Gasteiger partial charge in [0.25, 0.3) is 5.91 Å². The van der Waals surface area contributed by atoms with Crippen molar-refractivity contribution >= 4 is 52.6 Å². The van der Waals surface area contributed by atoms with Crippen molar-refractivity contribution in [1.29, 1.82) is 0 Å². The molecule has 2 saturated carbocycles. The predicted octanol–water partition coefficient (Wildman–Crippen LogP) is 9.63. The van der Waals surface area contributed by atoms with Crippen LogP contribution in [0, 0.1) is 0 Å². The van der Waals surface area contributed by atoms with Crippen molar-refractivity contribution in [2.24, 2.45) is 0 Å². The van der Waals surface area contributed by atoms with Gasteiger partial charge < -0.3 is 29.3 Å². The Morgan fingerprint density at radius 3 is 2.34 bits per heavy atom. The number of carbonyl (C=O) groups excluding carboxylic acids is 4. The highest BCUT2D eigenvalue weighted by Gasteiger charge is 2.59. The van der Waals surface area contributed by atoms with Crippen molar-refractivity contribution in [3.63, 3.8) is 0 Å². The highest BCUT2D eigenvalue weighted by Crippen LogP contribution is 2.58. The first-order valence-electron chi connectivity index (χ1n) is 24.4. The van der Waals surface area contributed by atoms with Gasteiger partial charge in [-0.05, 0) is 131 Å². The smallest absolute Gasteiger partial charge is 0.465 e. The Morgan fingerprint density at radius 2 is 1.66 bits per heavy atom. The maximum atomic E-state index is 16.7. The van der Waals surface area contributed by atoms with Crippen molar-refractivity contribution < 1.29 is 55.3 Å². The van der Waals surface area contributed by atoms with Crippen LogP contribution in [0.5, 0.6) is 5.75 Å². The minimum Gasteiger partial charge on any atom is -0.465 e. The van der Waals surface area contributed by atoms with Gasteiger partial charge in [-0.25, -0.2) is 9.48 Å². The molecule has 19 heteroatoms. The van der Waals surface area contributed by atoms with Crippen molar-refractivity contribution in [2.75, 3.05) is 20.2 Å². The van der Waals surface area contributed by atoms with Crippen molar-refractivity contribution in [1.82, 2.24) is 25.1 Å². The number of amides is 3. The van der Waals surface area contributed by atoms with Gasteiger partial charge in [0.15, 0.2) is 0 Å². The average molecular weight is 1010 g/mol. The van der Waals surface area contributed by atoms with Crippen LogP contribution < -0.4 is 14.9 Å². The fourth-order valence-corrected chi connectivity index (χ4v) is 13.9. The molecular formula is C51H60F4N5O8PS. The van der Waals surface area contributed by atoms with Crippen LogP contribution in [0.1, 0.15) is 117 Å². The van der Waals surface area contributed by atoms with Crippen LogP contribution in [-0.4, -0.2) is 113 Å². The van der Waals surface area contributed by atoms with Crippen LogP contribution in [0.2, 0.25) is 0 Å². The lowest BCUT2D eigenvalue weighted by Gasteiger charge is -2.47. The number of carbonyl (C=O) groups is 4. The molecule has 3 saturated heterocycles. The Balaban J connectivity index is 0.952. The Hall–Kier alpha value is -4.87. The van der Waals surface area contributed by atoms with Crippen LogP contribution >= 0.6 is 18.9 Å². The number of benzene rings is 3. The first-order valence-corrected chi connectivity index (χ1v) is 26.9. The number of alkyl halides is 4. The molecule has 2 N–H and O–H groups in total. The molecule has 376 valence electrons. The van der Waals surface area contributed by atoms with Gasteiger partial charge in [-0.2, -0.15) is 0 Å². The van der Waals surface area contributed by atoms with Crippen LogP contribution in [0.25, 0.3) is 10.1 Å². The summed E-state index contributed by atoms with van der Waals surface area (Å²) in [5.74, 6) is -3.65. The third-order valence-corrected chi connectivity index (χ3v) is 18.2. The zero-order valence-corrected chi connectivity index (χ0v) is 41.2. The minimum absolute atomic E-state index is 0.0249. The molecule has 13 nitrogen and oxygen atoms in total. The van der Waals surface area contributed by atoms with E-state index < -0.39 is 55.9 Å². The van der Waals surface area contributed by atoms with Gasteiger partial charge in [0.2, 0.25) is 17.7 Å². The molecule has 1 spiro atoms. The number of nitrogens with zero attached hydrogens (tertiary/aromatic N) is 3. The summed E-state index contributed by atoms with van der Waals surface area (Å²) in [6.45, 7) is 3.93. The fourth-order valence-electron chi connectivity index (χ4n) is 11.0. The first kappa shape index (κ1) is 50.1. The second-order valence-electron chi connectivity index (χ2n) is 19.7. The van der Waals surface area contributed by atoms with Gasteiger partial charge in [0.05, 0.1) is 17.6 Å².